The first-order valence-corrected chi connectivity index (χ1v) is 16.4. The van der Waals surface area contributed by atoms with Gasteiger partial charge in [0, 0.05) is 68.3 Å². The number of hydrogen-bond acceptors (Lipinski definition) is 9. The van der Waals surface area contributed by atoms with E-state index in [1.165, 1.54) is 0 Å². The van der Waals surface area contributed by atoms with Crippen LogP contribution in [0.5, 0.6) is 0 Å². The van der Waals surface area contributed by atoms with Gasteiger partial charge in [0.1, 0.15) is 23.3 Å². The smallest absolute Gasteiger partial charge is 0.327 e. The van der Waals surface area contributed by atoms with Crippen LogP contribution in [0, 0.1) is 11.3 Å². The number of nitriles is 1. The first-order chi connectivity index (χ1) is 24.0. The number of carbonyl (C=O) groups is 1. The second-order valence-corrected chi connectivity index (χ2v) is 11.5. The van der Waals surface area contributed by atoms with Gasteiger partial charge in [-0.2, -0.15) is 15.3 Å². The van der Waals surface area contributed by atoms with Crippen molar-refractivity contribution in [3.8, 4) is 17.2 Å². The van der Waals surface area contributed by atoms with E-state index < -0.39 is 0 Å². The maximum atomic E-state index is 13.4. The number of pyridine rings is 2. The summed E-state index contributed by atoms with van der Waals surface area (Å²) in [6, 6.07) is 19.5. The lowest BCUT2D eigenvalue weighted by Gasteiger charge is -2.19. The summed E-state index contributed by atoms with van der Waals surface area (Å²) in [6.07, 6.45) is 18.7. The predicted molar refractivity (Wildman–Crippen MR) is 191 cm³/mol. The summed E-state index contributed by atoms with van der Waals surface area (Å²) in [7, 11) is 1.87. The molecule has 0 aliphatic rings. The number of amides is 2. The fourth-order valence-electron chi connectivity index (χ4n) is 5.21. The molecule has 250 valence electrons. The van der Waals surface area contributed by atoms with E-state index in [-0.39, 0.29) is 12.1 Å². The molecule has 49 heavy (non-hydrogen) atoms. The molecule has 1 atom stereocenters. The van der Waals surface area contributed by atoms with E-state index in [0.29, 0.717) is 36.2 Å². The van der Waals surface area contributed by atoms with Crippen LogP contribution in [0.25, 0.3) is 11.1 Å². The molecule has 3 N–H and O–H groups in total. The van der Waals surface area contributed by atoms with Crippen molar-refractivity contribution in [2.24, 2.45) is 7.05 Å². The number of rotatable bonds is 16. The van der Waals surface area contributed by atoms with Crippen LogP contribution in [0.3, 0.4) is 0 Å². The van der Waals surface area contributed by atoms with E-state index in [9.17, 15) is 10.1 Å². The minimum absolute atomic E-state index is 0.145. The topological polar surface area (TPSA) is 150 Å². The number of carbonyl (C=O) groups excluding carboxylic acids is 1. The standard InChI is InChI=1S/C37H41N11O/c1-3-10-33(45-36-42-25-31(21-38)35(46-36)41-22-29-16-18-39-19-17-29)13-8-5-9-20-48(37(49)43-23-28-11-6-4-7-12-28)34-15-14-30(24-40-34)32-26-44-47(2)27-32/h4,6-7,9,11-12,14-20,24-27,33H,3,5,8,10,13,22-23H2,1-2H3,(H,43,49)(H2,41,42,45,46)/b20-9+/t33-/m1/s1. The molecule has 4 heterocycles. The van der Waals surface area contributed by atoms with Crippen LogP contribution in [0.1, 0.15) is 55.7 Å². The average molecular weight is 656 g/mol. The molecule has 12 nitrogen and oxygen atoms in total. The van der Waals surface area contributed by atoms with E-state index in [0.717, 1.165) is 54.4 Å². The second-order valence-electron chi connectivity index (χ2n) is 11.5. The quantitative estimate of drug-likeness (QED) is 0.0972. The largest absolute Gasteiger partial charge is 0.365 e. The molecule has 5 aromatic rings. The summed E-state index contributed by atoms with van der Waals surface area (Å²) in [5.41, 5.74) is 4.31. The summed E-state index contributed by atoms with van der Waals surface area (Å²) >= 11 is 0. The fraction of sp³-hybridized carbons (Fsp3) is 0.270. The number of hydrogen-bond donors (Lipinski definition) is 3. The molecule has 0 aliphatic carbocycles. The van der Waals surface area contributed by atoms with Crippen molar-refractivity contribution in [1.29, 1.82) is 5.26 Å². The third-order valence-corrected chi connectivity index (χ3v) is 7.81. The molecule has 0 aliphatic heterocycles. The lowest BCUT2D eigenvalue weighted by atomic mass is 10.1. The zero-order valence-corrected chi connectivity index (χ0v) is 27.8. The third-order valence-electron chi connectivity index (χ3n) is 7.81. The van der Waals surface area contributed by atoms with Gasteiger partial charge in [-0.3, -0.25) is 14.6 Å². The minimum atomic E-state index is -0.265. The van der Waals surface area contributed by atoms with E-state index in [4.69, 9.17) is 0 Å². The maximum Gasteiger partial charge on any atom is 0.327 e. The van der Waals surface area contributed by atoms with E-state index >= 15 is 0 Å². The van der Waals surface area contributed by atoms with Gasteiger partial charge in [0.2, 0.25) is 5.95 Å². The van der Waals surface area contributed by atoms with Crippen molar-refractivity contribution in [3.05, 3.63) is 121 Å². The van der Waals surface area contributed by atoms with Crippen molar-refractivity contribution in [3.63, 3.8) is 0 Å². The molecule has 0 unspecified atom stereocenters. The molecule has 2 amide bonds. The maximum absolute atomic E-state index is 13.4. The van der Waals surface area contributed by atoms with Gasteiger partial charge in [-0.05, 0) is 61.1 Å². The van der Waals surface area contributed by atoms with Gasteiger partial charge in [0.15, 0.2) is 0 Å². The van der Waals surface area contributed by atoms with Gasteiger partial charge in [-0.1, -0.05) is 49.8 Å². The minimum Gasteiger partial charge on any atom is -0.365 e. The molecule has 0 saturated heterocycles. The zero-order valence-electron chi connectivity index (χ0n) is 27.8. The van der Waals surface area contributed by atoms with E-state index in [1.54, 1.807) is 46.8 Å². The van der Waals surface area contributed by atoms with E-state index in [2.05, 4.69) is 54.0 Å². The highest BCUT2D eigenvalue weighted by molar-refractivity contribution is 5.92. The Morgan fingerprint density at radius 1 is 0.980 bits per heavy atom. The Hall–Kier alpha value is -6.09. The molecule has 4 aromatic heterocycles. The van der Waals surface area contributed by atoms with Crippen LogP contribution in [-0.2, 0) is 20.1 Å². The highest BCUT2D eigenvalue weighted by Gasteiger charge is 2.16. The first kappa shape index (κ1) is 34.3. The summed E-state index contributed by atoms with van der Waals surface area (Å²) in [6.45, 7) is 3.07. The van der Waals surface area contributed by atoms with Crippen molar-refractivity contribution < 1.29 is 4.79 Å². The van der Waals surface area contributed by atoms with Gasteiger partial charge in [0.25, 0.3) is 0 Å². The SMILES string of the molecule is CCC[C@H](CCC/C=C/N(C(=O)NCc1ccccc1)c1ccc(-c2cnn(C)c2)cn1)Nc1ncc(C#N)c(NCc2ccncc2)n1. The number of urea groups is 1. The number of allylic oxidation sites excluding steroid dienone is 1. The normalized spacial score (nSPS) is 11.5. The summed E-state index contributed by atoms with van der Waals surface area (Å²) in [4.78, 5) is 32.6. The zero-order chi connectivity index (χ0) is 34.3. The summed E-state index contributed by atoms with van der Waals surface area (Å²) in [5, 5.41) is 23.6. The van der Waals surface area contributed by atoms with Crippen molar-refractivity contribution in [2.75, 3.05) is 15.5 Å². The Labute approximate surface area is 287 Å². The van der Waals surface area contributed by atoms with Crippen LogP contribution < -0.4 is 20.9 Å². The highest BCUT2D eigenvalue weighted by Crippen LogP contribution is 2.22. The Kier molecular flexibility index (Phi) is 12.4. The molecule has 0 radical (unpaired) electrons. The number of unbranched alkanes of at least 4 members (excludes halogenated alkanes) is 1. The first-order valence-electron chi connectivity index (χ1n) is 16.4. The number of aromatic nitrogens is 6. The van der Waals surface area contributed by atoms with Crippen LogP contribution in [0.15, 0.2) is 104 Å². The molecule has 0 saturated carbocycles. The Bertz CT molecular complexity index is 1830. The van der Waals surface area contributed by atoms with Gasteiger partial charge >= 0.3 is 6.03 Å². The van der Waals surface area contributed by atoms with Crippen molar-refractivity contribution in [2.45, 2.75) is 58.2 Å². The molecule has 12 heteroatoms. The van der Waals surface area contributed by atoms with E-state index in [1.807, 2.05) is 73.9 Å². The number of anilines is 3. The Morgan fingerprint density at radius 2 is 1.80 bits per heavy atom. The summed E-state index contributed by atoms with van der Waals surface area (Å²) in [5.74, 6) is 1.49. The van der Waals surface area contributed by atoms with Crippen LogP contribution in [0.2, 0.25) is 0 Å². The molecular weight excluding hydrogens is 614 g/mol. The molecule has 0 bridgehead atoms. The highest BCUT2D eigenvalue weighted by atomic mass is 16.2. The molecule has 0 fully saturated rings. The summed E-state index contributed by atoms with van der Waals surface area (Å²) < 4.78 is 1.74. The number of nitrogens with zero attached hydrogens (tertiary/aromatic N) is 8. The fourth-order valence-corrected chi connectivity index (χ4v) is 5.21. The lowest BCUT2D eigenvalue weighted by molar-refractivity contribution is 0.248. The van der Waals surface area contributed by atoms with Crippen LogP contribution in [-0.4, -0.2) is 41.8 Å². The second kappa shape index (κ2) is 17.7. The molecular formula is C37H41N11O. The van der Waals surface area contributed by atoms with Crippen molar-refractivity contribution in [1.82, 2.24) is 35.0 Å². The Morgan fingerprint density at radius 3 is 2.51 bits per heavy atom. The third kappa shape index (κ3) is 10.2. The molecule has 0 spiro atoms. The van der Waals surface area contributed by atoms with Gasteiger partial charge in [-0.15, -0.1) is 0 Å². The molecule has 5 rings (SSSR count). The number of benzene rings is 1. The Balaban J connectivity index is 1.21. The van der Waals surface area contributed by atoms with Crippen LogP contribution in [0.4, 0.5) is 22.4 Å². The van der Waals surface area contributed by atoms with Gasteiger partial charge in [0.05, 0.1) is 12.4 Å². The predicted octanol–water partition coefficient (Wildman–Crippen LogP) is 6.83. The number of aryl methyl sites for hydroxylation is 1. The number of nitrogens with one attached hydrogen (secondary N) is 3. The lowest BCUT2D eigenvalue weighted by Crippen LogP contribution is -2.36. The molecule has 1 aromatic carbocycles. The average Bonchev–Trinajstić information content (AvgIpc) is 3.58. The van der Waals surface area contributed by atoms with Gasteiger partial charge in [-0.25, -0.2) is 14.8 Å². The van der Waals surface area contributed by atoms with Crippen molar-refractivity contribution >= 4 is 23.6 Å². The van der Waals surface area contributed by atoms with Gasteiger partial charge < -0.3 is 16.0 Å². The monoisotopic (exact) mass is 655 g/mol. The van der Waals surface area contributed by atoms with Crippen LogP contribution >= 0.6 is 0 Å².